The fraction of sp³-hybridized carbons (Fsp3) is 0.158. The first kappa shape index (κ1) is 19.1. The van der Waals surface area contributed by atoms with Crippen LogP contribution in [0.25, 0.3) is 11.4 Å². The van der Waals surface area contributed by atoms with Crippen LogP contribution in [0.2, 0.25) is 0 Å². The molecule has 0 aliphatic heterocycles. The van der Waals surface area contributed by atoms with E-state index in [0.717, 1.165) is 15.9 Å². The van der Waals surface area contributed by atoms with Crippen molar-refractivity contribution in [3.8, 4) is 17.5 Å². The van der Waals surface area contributed by atoms with Gasteiger partial charge >= 0.3 is 0 Å². The SMILES string of the molecule is CCn1c(SCC(=O)Nc2ccc(C#N)cc2)nnc1-c1ccc(Br)cc1. The number of nitrogens with zero attached hydrogens (tertiary/aromatic N) is 4. The van der Waals surface area contributed by atoms with Gasteiger partial charge in [0.25, 0.3) is 0 Å². The molecule has 2 aromatic carbocycles. The number of nitriles is 1. The number of hydrogen-bond acceptors (Lipinski definition) is 5. The Morgan fingerprint density at radius 1 is 1.19 bits per heavy atom. The molecule has 8 heteroatoms. The van der Waals surface area contributed by atoms with Gasteiger partial charge in [-0.05, 0) is 43.3 Å². The van der Waals surface area contributed by atoms with Crippen molar-refractivity contribution in [2.24, 2.45) is 0 Å². The number of aromatic nitrogens is 3. The first-order valence-corrected chi connectivity index (χ1v) is 10.0. The maximum Gasteiger partial charge on any atom is 0.234 e. The molecule has 27 heavy (non-hydrogen) atoms. The number of thioether (sulfide) groups is 1. The van der Waals surface area contributed by atoms with E-state index < -0.39 is 0 Å². The van der Waals surface area contributed by atoms with Crippen molar-refractivity contribution in [2.75, 3.05) is 11.1 Å². The molecule has 0 unspecified atom stereocenters. The highest BCUT2D eigenvalue weighted by molar-refractivity contribution is 9.10. The van der Waals surface area contributed by atoms with Gasteiger partial charge in [-0.2, -0.15) is 5.26 Å². The average Bonchev–Trinajstić information content (AvgIpc) is 3.10. The van der Waals surface area contributed by atoms with Crippen LogP contribution in [0.15, 0.2) is 58.2 Å². The lowest BCUT2D eigenvalue weighted by atomic mass is 10.2. The molecule has 1 heterocycles. The molecule has 0 aliphatic carbocycles. The summed E-state index contributed by atoms with van der Waals surface area (Å²) >= 11 is 4.77. The predicted octanol–water partition coefficient (Wildman–Crippen LogP) is 4.33. The van der Waals surface area contributed by atoms with Crippen molar-refractivity contribution < 1.29 is 4.79 Å². The topological polar surface area (TPSA) is 83.6 Å². The van der Waals surface area contributed by atoms with Crippen molar-refractivity contribution in [3.05, 3.63) is 58.6 Å². The summed E-state index contributed by atoms with van der Waals surface area (Å²) in [6.07, 6.45) is 0. The fourth-order valence-corrected chi connectivity index (χ4v) is 3.51. The summed E-state index contributed by atoms with van der Waals surface area (Å²) in [6, 6.07) is 16.7. The van der Waals surface area contributed by atoms with Gasteiger partial charge in [-0.15, -0.1) is 10.2 Å². The summed E-state index contributed by atoms with van der Waals surface area (Å²) in [5.41, 5.74) is 2.19. The lowest BCUT2D eigenvalue weighted by molar-refractivity contribution is -0.113. The van der Waals surface area contributed by atoms with Crippen molar-refractivity contribution in [2.45, 2.75) is 18.6 Å². The van der Waals surface area contributed by atoms with E-state index in [9.17, 15) is 4.79 Å². The molecule has 136 valence electrons. The van der Waals surface area contributed by atoms with Crippen LogP contribution in [0.5, 0.6) is 0 Å². The van der Waals surface area contributed by atoms with Gasteiger partial charge in [0.2, 0.25) is 5.91 Å². The first-order valence-electron chi connectivity index (χ1n) is 8.22. The van der Waals surface area contributed by atoms with Gasteiger partial charge in [0.05, 0.1) is 17.4 Å². The summed E-state index contributed by atoms with van der Waals surface area (Å²) in [7, 11) is 0. The largest absolute Gasteiger partial charge is 0.325 e. The van der Waals surface area contributed by atoms with Crippen molar-refractivity contribution in [1.82, 2.24) is 14.8 Å². The maximum atomic E-state index is 12.2. The second-order valence-electron chi connectivity index (χ2n) is 5.58. The molecule has 1 N–H and O–H groups in total. The van der Waals surface area contributed by atoms with Crippen LogP contribution in [-0.2, 0) is 11.3 Å². The average molecular weight is 442 g/mol. The summed E-state index contributed by atoms with van der Waals surface area (Å²) < 4.78 is 2.99. The van der Waals surface area contributed by atoms with Crippen LogP contribution in [-0.4, -0.2) is 26.4 Å². The number of anilines is 1. The van der Waals surface area contributed by atoms with Gasteiger partial charge in [0.1, 0.15) is 0 Å². The highest BCUT2D eigenvalue weighted by Gasteiger charge is 2.14. The van der Waals surface area contributed by atoms with Crippen LogP contribution in [0.1, 0.15) is 12.5 Å². The number of amides is 1. The zero-order valence-corrected chi connectivity index (χ0v) is 16.9. The normalized spacial score (nSPS) is 10.4. The van der Waals surface area contributed by atoms with E-state index in [0.29, 0.717) is 23.0 Å². The van der Waals surface area contributed by atoms with Gasteiger partial charge in [-0.25, -0.2) is 0 Å². The Labute approximate surface area is 169 Å². The highest BCUT2D eigenvalue weighted by atomic mass is 79.9. The second kappa shape index (κ2) is 8.84. The number of nitrogens with one attached hydrogen (secondary N) is 1. The highest BCUT2D eigenvalue weighted by Crippen LogP contribution is 2.25. The van der Waals surface area contributed by atoms with Gasteiger partial charge in [-0.1, -0.05) is 39.8 Å². The Balaban J connectivity index is 1.66. The summed E-state index contributed by atoms with van der Waals surface area (Å²) in [5, 5.41) is 20.8. The molecule has 6 nitrogen and oxygen atoms in total. The minimum absolute atomic E-state index is 0.138. The molecular weight excluding hydrogens is 426 g/mol. The number of halogens is 1. The van der Waals surface area contributed by atoms with E-state index in [4.69, 9.17) is 5.26 Å². The lowest BCUT2D eigenvalue weighted by Crippen LogP contribution is -2.14. The van der Waals surface area contributed by atoms with Crippen LogP contribution < -0.4 is 5.32 Å². The summed E-state index contributed by atoms with van der Waals surface area (Å²) in [4.78, 5) is 12.2. The zero-order chi connectivity index (χ0) is 19.2. The third-order valence-corrected chi connectivity index (χ3v) is 5.26. The number of benzene rings is 2. The van der Waals surface area contributed by atoms with Crippen molar-refractivity contribution >= 4 is 39.3 Å². The van der Waals surface area contributed by atoms with E-state index in [2.05, 4.69) is 31.4 Å². The van der Waals surface area contributed by atoms with Crippen LogP contribution in [0.4, 0.5) is 5.69 Å². The van der Waals surface area contributed by atoms with E-state index in [-0.39, 0.29) is 11.7 Å². The monoisotopic (exact) mass is 441 g/mol. The van der Waals surface area contributed by atoms with Crippen molar-refractivity contribution in [1.29, 1.82) is 5.26 Å². The molecule has 1 amide bonds. The molecule has 0 bridgehead atoms. The van der Waals surface area contributed by atoms with Crippen LogP contribution >= 0.6 is 27.7 Å². The minimum Gasteiger partial charge on any atom is -0.325 e. The lowest BCUT2D eigenvalue weighted by Gasteiger charge is -2.08. The van der Waals surface area contributed by atoms with Gasteiger partial charge in [0, 0.05) is 22.3 Å². The molecule has 0 atom stereocenters. The zero-order valence-electron chi connectivity index (χ0n) is 14.5. The molecule has 3 rings (SSSR count). The third-order valence-electron chi connectivity index (χ3n) is 3.77. The number of carbonyl (C=O) groups excluding carboxylic acids is 1. The van der Waals surface area contributed by atoms with E-state index in [1.807, 2.05) is 41.8 Å². The van der Waals surface area contributed by atoms with Gasteiger partial charge < -0.3 is 9.88 Å². The Bertz CT molecular complexity index is 977. The second-order valence-corrected chi connectivity index (χ2v) is 7.44. The number of hydrogen-bond donors (Lipinski definition) is 1. The Hall–Kier alpha value is -2.63. The molecule has 0 fully saturated rings. The Kier molecular flexibility index (Phi) is 6.27. The van der Waals surface area contributed by atoms with Gasteiger partial charge in [-0.3, -0.25) is 4.79 Å². The van der Waals surface area contributed by atoms with Crippen LogP contribution in [0.3, 0.4) is 0 Å². The minimum atomic E-state index is -0.138. The summed E-state index contributed by atoms with van der Waals surface area (Å²) in [5.74, 6) is 0.860. The Morgan fingerprint density at radius 2 is 1.89 bits per heavy atom. The Morgan fingerprint density at radius 3 is 2.52 bits per heavy atom. The predicted molar refractivity (Wildman–Crippen MR) is 109 cm³/mol. The van der Waals surface area contributed by atoms with E-state index >= 15 is 0 Å². The maximum absolute atomic E-state index is 12.2. The van der Waals surface area contributed by atoms with Crippen molar-refractivity contribution in [3.63, 3.8) is 0 Å². The third kappa shape index (κ3) is 4.76. The first-order chi connectivity index (χ1) is 13.1. The quantitative estimate of drug-likeness (QED) is 0.575. The number of carbonyl (C=O) groups is 1. The van der Waals surface area contributed by atoms with E-state index in [1.54, 1.807) is 24.3 Å². The smallest absolute Gasteiger partial charge is 0.234 e. The molecule has 0 radical (unpaired) electrons. The molecule has 0 aliphatic rings. The molecule has 3 aromatic rings. The fourth-order valence-electron chi connectivity index (χ4n) is 2.45. The molecular formula is C19H16BrN5OS. The number of rotatable bonds is 6. The van der Waals surface area contributed by atoms with E-state index in [1.165, 1.54) is 11.8 Å². The molecule has 0 spiro atoms. The standard InChI is InChI=1S/C19H16BrN5OS/c1-2-25-18(14-5-7-15(20)8-6-14)23-24-19(25)27-12-17(26)22-16-9-3-13(11-21)4-10-16/h3-10H,2,12H2,1H3,(H,22,26). The molecule has 0 saturated heterocycles. The summed E-state index contributed by atoms with van der Waals surface area (Å²) in [6.45, 7) is 2.73. The molecule has 1 aromatic heterocycles. The van der Waals surface area contributed by atoms with Gasteiger partial charge in [0.15, 0.2) is 11.0 Å². The molecule has 0 saturated carbocycles. The van der Waals surface area contributed by atoms with Crippen LogP contribution in [0, 0.1) is 11.3 Å².